The molecule has 0 aliphatic heterocycles. The van der Waals surface area contributed by atoms with E-state index in [4.69, 9.17) is 0 Å². The minimum atomic E-state index is 0.319. The molecule has 2 nitrogen and oxygen atoms in total. The average molecular weight is 273 g/mol. The fourth-order valence-electron chi connectivity index (χ4n) is 1.78. The molecule has 2 N–H and O–H groups in total. The first-order valence-corrected chi connectivity index (χ1v) is 7.35. The van der Waals surface area contributed by atoms with Gasteiger partial charge in [0.2, 0.25) is 0 Å². The number of rotatable bonds is 5. The van der Waals surface area contributed by atoms with Gasteiger partial charge in [0.15, 0.2) is 0 Å². The van der Waals surface area contributed by atoms with Crippen molar-refractivity contribution in [2.24, 2.45) is 0 Å². The summed E-state index contributed by atoms with van der Waals surface area (Å²) >= 11 is 1.81. The van der Waals surface area contributed by atoms with E-state index in [9.17, 15) is 5.11 Å². The van der Waals surface area contributed by atoms with Crippen LogP contribution in [0.2, 0.25) is 0 Å². The molecule has 0 saturated carbocycles. The van der Waals surface area contributed by atoms with Crippen molar-refractivity contribution in [2.75, 3.05) is 7.05 Å². The molecule has 3 heteroatoms. The number of hydrogen-bond donors (Lipinski definition) is 2. The number of phenolic OH excluding ortho intramolecular Hbond substituents is 1. The van der Waals surface area contributed by atoms with E-state index in [0.29, 0.717) is 11.8 Å². The van der Waals surface area contributed by atoms with E-state index in [1.807, 2.05) is 19.2 Å². The molecule has 0 bridgehead atoms. The van der Waals surface area contributed by atoms with Crippen molar-refractivity contribution < 1.29 is 5.11 Å². The van der Waals surface area contributed by atoms with Crippen LogP contribution < -0.4 is 5.32 Å². The van der Waals surface area contributed by atoms with Gasteiger partial charge in [-0.05, 0) is 49.4 Å². The van der Waals surface area contributed by atoms with E-state index in [1.54, 1.807) is 23.9 Å². The predicted molar refractivity (Wildman–Crippen MR) is 81.6 cm³/mol. The van der Waals surface area contributed by atoms with Crippen molar-refractivity contribution in [1.82, 2.24) is 5.32 Å². The predicted octanol–water partition coefficient (Wildman–Crippen LogP) is 3.96. The Labute approximate surface area is 118 Å². The van der Waals surface area contributed by atoms with E-state index >= 15 is 0 Å². The Bertz CT molecular complexity index is 507. The first-order valence-electron chi connectivity index (χ1n) is 6.37. The first-order chi connectivity index (χ1) is 9.19. The van der Waals surface area contributed by atoms with Crippen LogP contribution >= 0.6 is 11.8 Å². The topological polar surface area (TPSA) is 32.3 Å². The Balaban J connectivity index is 1.94. The molecule has 19 heavy (non-hydrogen) atoms. The molecule has 1 unspecified atom stereocenters. The number of thioether (sulfide) groups is 1. The Morgan fingerprint density at radius 2 is 1.68 bits per heavy atom. The lowest BCUT2D eigenvalue weighted by atomic mass is 10.1. The summed E-state index contributed by atoms with van der Waals surface area (Å²) in [6.45, 7) is 2.15. The molecule has 0 aliphatic carbocycles. The molecule has 1 atom stereocenters. The maximum absolute atomic E-state index is 9.24. The number of nitrogens with one attached hydrogen (secondary N) is 1. The molecule has 2 aromatic carbocycles. The standard InChI is InChI=1S/C16H19NOS/c1-12(17-2)14-5-9-16(10-6-14)19-11-13-3-7-15(18)8-4-13/h3-10,12,17-18H,11H2,1-2H3. The number of hydrogen-bond acceptors (Lipinski definition) is 3. The molecule has 0 radical (unpaired) electrons. The van der Waals surface area contributed by atoms with Crippen molar-refractivity contribution in [2.45, 2.75) is 23.6 Å². The Morgan fingerprint density at radius 3 is 2.26 bits per heavy atom. The lowest BCUT2D eigenvalue weighted by molar-refractivity contribution is 0.475. The fraction of sp³-hybridized carbons (Fsp3) is 0.250. The van der Waals surface area contributed by atoms with Gasteiger partial charge in [-0.15, -0.1) is 11.8 Å². The Morgan fingerprint density at radius 1 is 1.05 bits per heavy atom. The minimum Gasteiger partial charge on any atom is -0.508 e. The molecule has 0 amide bonds. The van der Waals surface area contributed by atoms with Crippen molar-refractivity contribution in [3.05, 3.63) is 59.7 Å². The van der Waals surface area contributed by atoms with Gasteiger partial charge in [0.05, 0.1) is 0 Å². The first kappa shape index (κ1) is 14.0. The van der Waals surface area contributed by atoms with E-state index in [0.717, 1.165) is 5.75 Å². The zero-order valence-corrected chi connectivity index (χ0v) is 12.1. The van der Waals surface area contributed by atoms with Gasteiger partial charge in [0, 0.05) is 16.7 Å². The average Bonchev–Trinajstić information content (AvgIpc) is 2.46. The quantitative estimate of drug-likeness (QED) is 0.809. The van der Waals surface area contributed by atoms with Crippen LogP contribution in [0.25, 0.3) is 0 Å². The fourth-order valence-corrected chi connectivity index (χ4v) is 2.63. The lowest BCUT2D eigenvalue weighted by Crippen LogP contribution is -2.11. The molecule has 0 saturated heterocycles. The van der Waals surface area contributed by atoms with Crippen molar-refractivity contribution >= 4 is 11.8 Å². The van der Waals surface area contributed by atoms with Crippen LogP contribution in [0.3, 0.4) is 0 Å². The Kier molecular flexibility index (Phi) is 4.88. The molecule has 0 spiro atoms. The third-order valence-electron chi connectivity index (χ3n) is 3.15. The van der Waals surface area contributed by atoms with Crippen LogP contribution in [0.5, 0.6) is 5.75 Å². The number of benzene rings is 2. The summed E-state index contributed by atoms with van der Waals surface area (Å²) in [5.41, 5.74) is 2.52. The van der Waals surface area contributed by atoms with Crippen LogP contribution in [0, 0.1) is 0 Å². The smallest absolute Gasteiger partial charge is 0.115 e. The molecular formula is C16H19NOS. The van der Waals surface area contributed by atoms with Crippen molar-refractivity contribution in [3.8, 4) is 5.75 Å². The molecule has 0 fully saturated rings. The molecular weight excluding hydrogens is 254 g/mol. The summed E-state index contributed by atoms with van der Waals surface area (Å²) in [5.74, 6) is 1.24. The second-order valence-corrected chi connectivity index (χ2v) is 5.58. The van der Waals surface area contributed by atoms with Gasteiger partial charge in [0.1, 0.15) is 5.75 Å². The van der Waals surface area contributed by atoms with Crippen LogP contribution in [-0.4, -0.2) is 12.2 Å². The van der Waals surface area contributed by atoms with E-state index in [1.165, 1.54) is 16.0 Å². The van der Waals surface area contributed by atoms with Gasteiger partial charge in [-0.25, -0.2) is 0 Å². The van der Waals surface area contributed by atoms with Gasteiger partial charge in [0.25, 0.3) is 0 Å². The highest BCUT2D eigenvalue weighted by molar-refractivity contribution is 7.98. The lowest BCUT2D eigenvalue weighted by Gasteiger charge is -2.11. The number of aromatic hydroxyl groups is 1. The molecule has 0 heterocycles. The number of phenols is 1. The molecule has 100 valence electrons. The summed E-state index contributed by atoms with van der Waals surface area (Å²) in [5, 5.41) is 12.5. The van der Waals surface area contributed by atoms with Crippen LogP contribution in [0.1, 0.15) is 24.1 Å². The second-order valence-electron chi connectivity index (χ2n) is 4.53. The van der Waals surface area contributed by atoms with Gasteiger partial charge < -0.3 is 10.4 Å². The van der Waals surface area contributed by atoms with E-state index < -0.39 is 0 Å². The van der Waals surface area contributed by atoms with Crippen LogP contribution in [-0.2, 0) is 5.75 Å². The Hall–Kier alpha value is -1.45. The summed E-state index contributed by atoms with van der Waals surface area (Å²) < 4.78 is 0. The highest BCUT2D eigenvalue weighted by Gasteiger charge is 2.02. The molecule has 0 aromatic heterocycles. The highest BCUT2D eigenvalue weighted by atomic mass is 32.2. The van der Waals surface area contributed by atoms with Crippen molar-refractivity contribution in [3.63, 3.8) is 0 Å². The minimum absolute atomic E-state index is 0.319. The maximum atomic E-state index is 9.24. The van der Waals surface area contributed by atoms with E-state index in [2.05, 4.69) is 36.5 Å². The normalized spacial score (nSPS) is 12.3. The summed E-state index contributed by atoms with van der Waals surface area (Å²) in [4.78, 5) is 1.26. The van der Waals surface area contributed by atoms with Crippen LogP contribution in [0.15, 0.2) is 53.4 Å². The largest absolute Gasteiger partial charge is 0.508 e. The van der Waals surface area contributed by atoms with Gasteiger partial charge in [-0.3, -0.25) is 0 Å². The highest BCUT2D eigenvalue weighted by Crippen LogP contribution is 2.25. The van der Waals surface area contributed by atoms with Gasteiger partial charge in [-0.1, -0.05) is 24.3 Å². The summed E-state index contributed by atoms with van der Waals surface area (Å²) in [6, 6.07) is 16.4. The summed E-state index contributed by atoms with van der Waals surface area (Å²) in [7, 11) is 1.97. The second kappa shape index (κ2) is 6.64. The zero-order valence-electron chi connectivity index (χ0n) is 11.3. The van der Waals surface area contributed by atoms with E-state index in [-0.39, 0.29) is 0 Å². The zero-order chi connectivity index (χ0) is 13.7. The third kappa shape index (κ3) is 4.01. The molecule has 2 aromatic rings. The maximum Gasteiger partial charge on any atom is 0.115 e. The monoisotopic (exact) mass is 273 g/mol. The SMILES string of the molecule is CNC(C)c1ccc(SCc2ccc(O)cc2)cc1. The van der Waals surface area contributed by atoms with Crippen LogP contribution in [0.4, 0.5) is 0 Å². The molecule has 0 aliphatic rings. The van der Waals surface area contributed by atoms with Crippen molar-refractivity contribution in [1.29, 1.82) is 0 Å². The summed E-state index contributed by atoms with van der Waals surface area (Å²) in [6.07, 6.45) is 0. The van der Waals surface area contributed by atoms with Gasteiger partial charge in [-0.2, -0.15) is 0 Å². The third-order valence-corrected chi connectivity index (χ3v) is 4.24. The molecule has 2 rings (SSSR count). The van der Waals surface area contributed by atoms with Gasteiger partial charge >= 0.3 is 0 Å².